The Morgan fingerprint density at radius 2 is 1.84 bits per heavy atom. The van der Waals surface area contributed by atoms with Crippen molar-refractivity contribution in [1.29, 1.82) is 0 Å². The Balaban J connectivity index is 2.12. The monoisotopic (exact) mass is 260 g/mol. The average molecular weight is 260 g/mol. The van der Waals surface area contributed by atoms with Crippen molar-refractivity contribution in [3.63, 3.8) is 0 Å². The number of carbonyl (C=O) groups is 3. The third kappa shape index (κ3) is 2.99. The highest BCUT2D eigenvalue weighted by atomic mass is 16.2. The molecule has 0 aromatic heterocycles. The molecule has 0 saturated carbocycles. The summed E-state index contributed by atoms with van der Waals surface area (Å²) in [6, 6.07) is 6.76. The average Bonchev–Trinajstić information content (AvgIpc) is 2.68. The second-order valence-electron chi connectivity index (χ2n) is 4.87. The van der Waals surface area contributed by atoms with E-state index in [-0.39, 0.29) is 36.6 Å². The van der Waals surface area contributed by atoms with E-state index >= 15 is 0 Å². The van der Waals surface area contributed by atoms with E-state index < -0.39 is 0 Å². The Labute approximate surface area is 111 Å². The molecule has 1 aliphatic rings. The minimum absolute atomic E-state index is 0.0322. The van der Waals surface area contributed by atoms with Crippen LogP contribution in [0.5, 0.6) is 0 Å². The van der Waals surface area contributed by atoms with E-state index in [4.69, 9.17) is 0 Å². The van der Waals surface area contributed by atoms with Crippen LogP contribution in [0.4, 0.5) is 5.69 Å². The number of anilines is 1. The Bertz CT molecular complexity index is 520. The number of hydrogen-bond acceptors (Lipinski definition) is 3. The molecule has 0 unspecified atom stereocenters. The van der Waals surface area contributed by atoms with Crippen LogP contribution < -0.4 is 10.2 Å². The van der Waals surface area contributed by atoms with Crippen molar-refractivity contribution in [2.24, 2.45) is 0 Å². The smallest absolute Gasteiger partial charge is 0.251 e. The van der Waals surface area contributed by atoms with Crippen molar-refractivity contribution in [2.45, 2.75) is 26.3 Å². The number of Topliss-reactive ketones (excluding diaryl/α,β-unsaturated/α-hetero) is 1. The Kier molecular flexibility index (Phi) is 3.64. The molecule has 0 bridgehead atoms. The molecule has 2 rings (SSSR count). The van der Waals surface area contributed by atoms with Gasteiger partial charge in [-0.15, -0.1) is 0 Å². The number of benzene rings is 1. The number of rotatable bonds is 3. The molecule has 1 aliphatic heterocycles. The van der Waals surface area contributed by atoms with Gasteiger partial charge in [0.25, 0.3) is 5.91 Å². The zero-order valence-corrected chi connectivity index (χ0v) is 11.0. The number of carbonyl (C=O) groups excluding carboxylic acids is 3. The van der Waals surface area contributed by atoms with Crippen molar-refractivity contribution >= 4 is 23.3 Å². The standard InChI is InChI=1S/C14H16N2O3/c1-9(2)15-14(19)10-3-5-11(6-4-10)16-8-12(17)7-13(16)18/h3-6,9H,7-8H2,1-2H3,(H,15,19). The molecule has 1 aromatic carbocycles. The minimum Gasteiger partial charge on any atom is -0.350 e. The van der Waals surface area contributed by atoms with Gasteiger partial charge in [0.2, 0.25) is 5.91 Å². The van der Waals surface area contributed by atoms with Crippen molar-refractivity contribution in [2.75, 3.05) is 11.4 Å². The lowest BCUT2D eigenvalue weighted by molar-refractivity contribution is -0.121. The van der Waals surface area contributed by atoms with Gasteiger partial charge in [-0.1, -0.05) is 0 Å². The van der Waals surface area contributed by atoms with Crippen LogP contribution in [0.3, 0.4) is 0 Å². The van der Waals surface area contributed by atoms with Crippen LogP contribution in [0.1, 0.15) is 30.6 Å². The summed E-state index contributed by atoms with van der Waals surface area (Å²) in [5.41, 5.74) is 1.19. The fourth-order valence-corrected chi connectivity index (χ4v) is 1.96. The molecule has 5 nitrogen and oxygen atoms in total. The minimum atomic E-state index is -0.190. The normalized spacial score (nSPS) is 15.2. The summed E-state index contributed by atoms with van der Waals surface area (Å²) in [6.07, 6.45) is -0.0322. The van der Waals surface area contributed by atoms with E-state index in [1.54, 1.807) is 24.3 Å². The highest BCUT2D eigenvalue weighted by Crippen LogP contribution is 2.20. The highest BCUT2D eigenvalue weighted by molar-refractivity contribution is 6.15. The van der Waals surface area contributed by atoms with Crippen LogP contribution in [-0.2, 0) is 9.59 Å². The van der Waals surface area contributed by atoms with Crippen LogP contribution in [0.2, 0.25) is 0 Å². The van der Waals surface area contributed by atoms with Crippen molar-refractivity contribution < 1.29 is 14.4 Å². The first-order valence-electron chi connectivity index (χ1n) is 6.20. The van der Waals surface area contributed by atoms with Gasteiger partial charge in [-0.3, -0.25) is 14.4 Å². The summed E-state index contributed by atoms with van der Waals surface area (Å²) in [4.78, 5) is 36.0. The third-order valence-corrected chi connectivity index (χ3v) is 2.84. The van der Waals surface area contributed by atoms with Gasteiger partial charge in [-0.05, 0) is 38.1 Å². The first-order valence-corrected chi connectivity index (χ1v) is 6.20. The van der Waals surface area contributed by atoms with E-state index in [2.05, 4.69) is 5.32 Å². The van der Waals surface area contributed by atoms with Gasteiger partial charge in [-0.25, -0.2) is 0 Å². The van der Waals surface area contributed by atoms with Crippen LogP contribution in [-0.4, -0.2) is 30.2 Å². The van der Waals surface area contributed by atoms with Crippen LogP contribution in [0.25, 0.3) is 0 Å². The molecule has 1 heterocycles. The topological polar surface area (TPSA) is 66.5 Å². The molecule has 100 valence electrons. The Morgan fingerprint density at radius 3 is 2.32 bits per heavy atom. The van der Waals surface area contributed by atoms with Gasteiger partial charge in [-0.2, -0.15) is 0 Å². The van der Waals surface area contributed by atoms with Crippen LogP contribution in [0.15, 0.2) is 24.3 Å². The van der Waals surface area contributed by atoms with Crippen molar-refractivity contribution in [3.8, 4) is 0 Å². The molecule has 1 fully saturated rings. The number of nitrogens with zero attached hydrogens (tertiary/aromatic N) is 1. The van der Waals surface area contributed by atoms with Crippen molar-refractivity contribution in [1.82, 2.24) is 5.32 Å². The summed E-state index contributed by atoms with van der Waals surface area (Å²) in [6.45, 7) is 3.90. The Morgan fingerprint density at radius 1 is 1.21 bits per heavy atom. The molecule has 0 spiro atoms. The predicted octanol–water partition coefficient (Wildman–Crippen LogP) is 1.13. The van der Waals surface area contributed by atoms with E-state index in [0.29, 0.717) is 11.3 Å². The summed E-state index contributed by atoms with van der Waals surface area (Å²) >= 11 is 0. The van der Waals surface area contributed by atoms with Crippen LogP contribution >= 0.6 is 0 Å². The molecular formula is C14H16N2O3. The quantitative estimate of drug-likeness (QED) is 0.828. The molecule has 0 atom stereocenters. The molecule has 5 heteroatoms. The molecule has 2 amide bonds. The summed E-state index contributed by atoms with van der Waals surface area (Å²) in [5.74, 6) is -0.415. The molecule has 19 heavy (non-hydrogen) atoms. The number of ketones is 1. The van der Waals surface area contributed by atoms with Crippen LogP contribution in [0, 0.1) is 0 Å². The van der Waals surface area contributed by atoms with Gasteiger partial charge in [0.05, 0.1) is 13.0 Å². The van der Waals surface area contributed by atoms with Gasteiger partial charge in [0.15, 0.2) is 5.78 Å². The number of hydrogen-bond donors (Lipinski definition) is 1. The fourth-order valence-electron chi connectivity index (χ4n) is 1.96. The zero-order chi connectivity index (χ0) is 14.0. The highest BCUT2D eigenvalue weighted by Gasteiger charge is 2.28. The maximum atomic E-state index is 11.8. The van der Waals surface area contributed by atoms with E-state index in [0.717, 1.165) is 0 Å². The van der Waals surface area contributed by atoms with E-state index in [9.17, 15) is 14.4 Å². The summed E-state index contributed by atoms with van der Waals surface area (Å²) in [5, 5.41) is 2.79. The molecule has 1 aromatic rings. The molecule has 1 N–H and O–H groups in total. The summed E-state index contributed by atoms with van der Waals surface area (Å²) in [7, 11) is 0. The summed E-state index contributed by atoms with van der Waals surface area (Å²) < 4.78 is 0. The van der Waals surface area contributed by atoms with E-state index in [1.165, 1.54) is 4.90 Å². The molecule has 0 aliphatic carbocycles. The second-order valence-corrected chi connectivity index (χ2v) is 4.87. The lowest BCUT2D eigenvalue weighted by Gasteiger charge is -2.15. The first-order chi connectivity index (χ1) is 8.97. The lowest BCUT2D eigenvalue weighted by Crippen LogP contribution is -2.30. The van der Waals surface area contributed by atoms with Gasteiger partial charge in [0, 0.05) is 17.3 Å². The van der Waals surface area contributed by atoms with Gasteiger partial charge < -0.3 is 10.2 Å². The second kappa shape index (κ2) is 5.22. The number of nitrogens with one attached hydrogen (secondary N) is 1. The van der Waals surface area contributed by atoms with Gasteiger partial charge >= 0.3 is 0 Å². The largest absolute Gasteiger partial charge is 0.350 e. The molecule has 0 radical (unpaired) electrons. The fraction of sp³-hybridized carbons (Fsp3) is 0.357. The van der Waals surface area contributed by atoms with Gasteiger partial charge in [0.1, 0.15) is 0 Å². The zero-order valence-electron chi connectivity index (χ0n) is 11.0. The lowest BCUT2D eigenvalue weighted by atomic mass is 10.1. The third-order valence-electron chi connectivity index (χ3n) is 2.84. The molecular weight excluding hydrogens is 244 g/mol. The first kappa shape index (κ1) is 13.3. The maximum Gasteiger partial charge on any atom is 0.251 e. The Hall–Kier alpha value is -2.17. The molecule has 1 saturated heterocycles. The maximum absolute atomic E-state index is 11.8. The number of amides is 2. The van der Waals surface area contributed by atoms with E-state index in [1.807, 2.05) is 13.8 Å². The van der Waals surface area contributed by atoms with Crippen molar-refractivity contribution in [3.05, 3.63) is 29.8 Å². The predicted molar refractivity (Wildman–Crippen MR) is 71.0 cm³/mol. The SMILES string of the molecule is CC(C)NC(=O)c1ccc(N2CC(=O)CC2=O)cc1.